The Hall–Kier alpha value is -0.730. The maximum atomic E-state index is 5.86. The van der Waals surface area contributed by atoms with Gasteiger partial charge >= 0.3 is 0 Å². The van der Waals surface area contributed by atoms with Crippen molar-refractivity contribution in [2.24, 2.45) is 0 Å². The molecule has 0 saturated heterocycles. The summed E-state index contributed by atoms with van der Waals surface area (Å²) in [4.78, 5) is 0. The van der Waals surface area contributed by atoms with Crippen molar-refractivity contribution in [3.05, 3.63) is 29.3 Å². The molecule has 0 heterocycles. The lowest BCUT2D eigenvalue weighted by molar-refractivity contribution is -0.655. The highest BCUT2D eigenvalue weighted by Crippen LogP contribution is 2.16. The Labute approximate surface area is 103 Å². The number of quaternary nitrogens is 1. The van der Waals surface area contributed by atoms with E-state index in [1.807, 2.05) is 24.3 Å². The van der Waals surface area contributed by atoms with Crippen molar-refractivity contribution in [1.29, 1.82) is 0 Å². The van der Waals surface area contributed by atoms with Crippen molar-refractivity contribution >= 4 is 11.6 Å². The lowest BCUT2D eigenvalue weighted by Crippen LogP contribution is -2.84. The van der Waals surface area contributed by atoms with Gasteiger partial charge < -0.3 is 10.1 Å². The highest BCUT2D eigenvalue weighted by atomic mass is 35.5. The second-order valence-corrected chi connectivity index (χ2v) is 4.32. The fourth-order valence-corrected chi connectivity index (χ4v) is 1.65. The number of rotatable bonds is 8. The van der Waals surface area contributed by atoms with Crippen LogP contribution in [0.1, 0.15) is 26.2 Å². The summed E-state index contributed by atoms with van der Waals surface area (Å²) in [5, 5.41) is 3.08. The summed E-state index contributed by atoms with van der Waals surface area (Å²) in [5.41, 5.74) is 0. The van der Waals surface area contributed by atoms with Crippen molar-refractivity contribution in [3.8, 4) is 5.75 Å². The minimum Gasteiger partial charge on any atom is -0.493 e. The summed E-state index contributed by atoms with van der Waals surface area (Å²) in [5.74, 6) is 0.862. The number of unbranched alkanes of at least 4 members (excludes halogenated alkanes) is 1. The third kappa shape index (κ3) is 5.99. The van der Waals surface area contributed by atoms with Crippen LogP contribution < -0.4 is 10.1 Å². The topological polar surface area (TPSA) is 25.8 Å². The van der Waals surface area contributed by atoms with Crippen LogP contribution in [-0.2, 0) is 0 Å². The first kappa shape index (κ1) is 13.3. The Morgan fingerprint density at radius 1 is 1.25 bits per heavy atom. The fraction of sp³-hybridized carbons (Fsp3) is 0.538. The second-order valence-electron chi connectivity index (χ2n) is 3.88. The van der Waals surface area contributed by atoms with E-state index in [9.17, 15) is 0 Å². The number of ether oxygens (including phenoxy) is 1. The number of nitrogens with two attached hydrogens (primary N) is 1. The number of hydrogen-bond donors (Lipinski definition) is 1. The molecule has 16 heavy (non-hydrogen) atoms. The average molecular weight is 243 g/mol. The van der Waals surface area contributed by atoms with Crippen LogP contribution in [0.5, 0.6) is 5.75 Å². The lowest BCUT2D eigenvalue weighted by atomic mass is 10.3. The van der Waals surface area contributed by atoms with E-state index >= 15 is 0 Å². The monoisotopic (exact) mass is 242 g/mol. The number of hydrogen-bond acceptors (Lipinski definition) is 1. The molecule has 0 saturated carbocycles. The van der Waals surface area contributed by atoms with Crippen LogP contribution in [0.25, 0.3) is 0 Å². The minimum atomic E-state index is 0.729. The molecule has 0 aliphatic rings. The zero-order valence-electron chi connectivity index (χ0n) is 9.92. The van der Waals surface area contributed by atoms with Gasteiger partial charge in [-0.2, -0.15) is 0 Å². The first-order valence-electron chi connectivity index (χ1n) is 6.03. The SMILES string of the molecule is CCCC[NH2+]CCCOc1cccc(Cl)c1. The molecule has 0 radical (unpaired) electrons. The maximum absolute atomic E-state index is 5.86. The summed E-state index contributed by atoms with van der Waals surface area (Å²) in [6.07, 6.45) is 3.65. The van der Waals surface area contributed by atoms with Gasteiger partial charge in [-0.15, -0.1) is 0 Å². The highest BCUT2D eigenvalue weighted by molar-refractivity contribution is 6.30. The smallest absolute Gasteiger partial charge is 0.120 e. The molecule has 2 nitrogen and oxygen atoms in total. The van der Waals surface area contributed by atoms with Crippen molar-refractivity contribution < 1.29 is 10.1 Å². The van der Waals surface area contributed by atoms with E-state index in [4.69, 9.17) is 16.3 Å². The molecule has 90 valence electrons. The molecule has 1 rings (SSSR count). The van der Waals surface area contributed by atoms with Gasteiger partial charge in [-0.25, -0.2) is 0 Å². The quantitative estimate of drug-likeness (QED) is 0.697. The van der Waals surface area contributed by atoms with Gasteiger partial charge in [0.25, 0.3) is 0 Å². The molecule has 0 bridgehead atoms. The van der Waals surface area contributed by atoms with Crippen molar-refractivity contribution in [2.75, 3.05) is 19.7 Å². The van der Waals surface area contributed by atoms with Crippen LogP contribution >= 0.6 is 11.6 Å². The van der Waals surface area contributed by atoms with Gasteiger partial charge in [0.15, 0.2) is 0 Å². The molecule has 0 aromatic heterocycles. The standard InChI is InChI=1S/C13H20ClNO/c1-2-3-8-15-9-5-10-16-13-7-4-6-12(14)11-13/h4,6-7,11,15H,2-3,5,8-10H2,1H3/p+1. The van der Waals surface area contributed by atoms with E-state index < -0.39 is 0 Å². The Morgan fingerprint density at radius 2 is 2.06 bits per heavy atom. The molecule has 1 aromatic carbocycles. The number of halogens is 1. The zero-order chi connectivity index (χ0) is 11.6. The van der Waals surface area contributed by atoms with E-state index in [0.717, 1.165) is 30.3 Å². The van der Waals surface area contributed by atoms with E-state index in [2.05, 4.69) is 12.2 Å². The molecule has 0 unspecified atom stereocenters. The van der Waals surface area contributed by atoms with Crippen LogP contribution in [0.4, 0.5) is 0 Å². The van der Waals surface area contributed by atoms with Crippen LogP contribution in [0, 0.1) is 0 Å². The predicted molar refractivity (Wildman–Crippen MR) is 68.1 cm³/mol. The molecule has 2 N–H and O–H groups in total. The van der Waals surface area contributed by atoms with Crippen molar-refractivity contribution in [3.63, 3.8) is 0 Å². The van der Waals surface area contributed by atoms with Gasteiger partial charge in [0.1, 0.15) is 5.75 Å². The fourth-order valence-electron chi connectivity index (χ4n) is 1.47. The molecular weight excluding hydrogens is 222 g/mol. The van der Waals surface area contributed by atoms with E-state index in [1.165, 1.54) is 19.4 Å². The van der Waals surface area contributed by atoms with Crippen LogP contribution in [0.3, 0.4) is 0 Å². The third-order valence-corrected chi connectivity index (χ3v) is 2.61. The molecule has 0 fully saturated rings. The predicted octanol–water partition coefficient (Wildman–Crippen LogP) is 2.47. The molecule has 0 aliphatic carbocycles. The second kappa shape index (κ2) is 8.43. The van der Waals surface area contributed by atoms with Gasteiger partial charge in [0.2, 0.25) is 0 Å². The first-order valence-corrected chi connectivity index (χ1v) is 6.40. The van der Waals surface area contributed by atoms with E-state index in [1.54, 1.807) is 0 Å². The molecule has 0 atom stereocenters. The van der Waals surface area contributed by atoms with E-state index in [0.29, 0.717) is 0 Å². The molecule has 0 aliphatic heterocycles. The Balaban J connectivity index is 2.03. The Morgan fingerprint density at radius 3 is 2.81 bits per heavy atom. The summed E-state index contributed by atoms with van der Waals surface area (Å²) in [6.45, 7) is 5.35. The van der Waals surface area contributed by atoms with Crippen LogP contribution in [0.2, 0.25) is 5.02 Å². The average Bonchev–Trinajstić information content (AvgIpc) is 2.28. The highest BCUT2D eigenvalue weighted by Gasteiger charge is 1.95. The summed E-state index contributed by atoms with van der Waals surface area (Å²) < 4.78 is 5.59. The summed E-state index contributed by atoms with van der Waals surface area (Å²) in [6, 6.07) is 7.55. The van der Waals surface area contributed by atoms with Crippen LogP contribution in [0.15, 0.2) is 24.3 Å². The normalized spacial score (nSPS) is 10.4. The molecule has 0 amide bonds. The summed E-state index contributed by atoms with van der Waals surface area (Å²) >= 11 is 5.86. The largest absolute Gasteiger partial charge is 0.493 e. The molecular formula is C13H21ClNO+. The summed E-state index contributed by atoms with van der Waals surface area (Å²) in [7, 11) is 0. The van der Waals surface area contributed by atoms with Gasteiger partial charge in [-0.3, -0.25) is 0 Å². The third-order valence-electron chi connectivity index (χ3n) is 2.38. The van der Waals surface area contributed by atoms with Gasteiger partial charge in [-0.1, -0.05) is 31.0 Å². The molecule has 0 spiro atoms. The van der Waals surface area contributed by atoms with Gasteiger partial charge in [-0.05, 0) is 24.6 Å². The maximum Gasteiger partial charge on any atom is 0.120 e. The molecule has 1 aromatic rings. The van der Waals surface area contributed by atoms with Crippen molar-refractivity contribution in [1.82, 2.24) is 0 Å². The van der Waals surface area contributed by atoms with Crippen molar-refractivity contribution in [2.45, 2.75) is 26.2 Å². The molecule has 3 heteroatoms. The number of benzene rings is 1. The Kier molecular flexibility index (Phi) is 7.02. The van der Waals surface area contributed by atoms with Gasteiger partial charge in [0, 0.05) is 11.4 Å². The van der Waals surface area contributed by atoms with E-state index in [-0.39, 0.29) is 0 Å². The van der Waals surface area contributed by atoms with Crippen LogP contribution in [-0.4, -0.2) is 19.7 Å². The lowest BCUT2D eigenvalue weighted by Gasteiger charge is -2.05. The zero-order valence-corrected chi connectivity index (χ0v) is 10.7. The van der Waals surface area contributed by atoms with Gasteiger partial charge in [0.05, 0.1) is 19.7 Å². The first-order chi connectivity index (χ1) is 7.83. The Bertz CT molecular complexity index is 291. The minimum absolute atomic E-state index is 0.729.